The highest BCUT2D eigenvalue weighted by Crippen LogP contribution is 2.47. The van der Waals surface area contributed by atoms with Crippen molar-refractivity contribution < 1.29 is 29.3 Å². The fraction of sp³-hybridized carbons (Fsp3) is 0.633. The molecule has 0 amide bonds. The lowest BCUT2D eigenvalue weighted by atomic mass is 9.71. The summed E-state index contributed by atoms with van der Waals surface area (Å²) in [5.74, 6) is -1.68. The van der Waals surface area contributed by atoms with Crippen LogP contribution in [0.1, 0.15) is 82.9 Å². The van der Waals surface area contributed by atoms with Gasteiger partial charge in [-0.05, 0) is 56.7 Å². The third-order valence-electron chi connectivity index (χ3n) is 8.54. The first kappa shape index (κ1) is 28.9. The van der Waals surface area contributed by atoms with Crippen LogP contribution in [0.2, 0.25) is 0 Å². The number of benzene rings is 1. The van der Waals surface area contributed by atoms with Crippen LogP contribution in [0.3, 0.4) is 0 Å². The number of aliphatic hydroxyl groups excluding tert-OH is 2. The number of aryl methyl sites for hydroxylation is 1. The fourth-order valence-corrected chi connectivity index (χ4v) is 6.51. The van der Waals surface area contributed by atoms with Crippen LogP contribution in [-0.2, 0) is 19.1 Å². The summed E-state index contributed by atoms with van der Waals surface area (Å²) in [7, 11) is 0. The number of ketones is 1. The molecule has 1 aromatic heterocycles. The van der Waals surface area contributed by atoms with Crippen molar-refractivity contribution in [2.75, 3.05) is 0 Å². The van der Waals surface area contributed by atoms with Gasteiger partial charge in [0.1, 0.15) is 11.9 Å². The summed E-state index contributed by atoms with van der Waals surface area (Å²) >= 11 is 1.61. The van der Waals surface area contributed by atoms with E-state index in [0.29, 0.717) is 12.8 Å². The number of esters is 1. The third-order valence-corrected chi connectivity index (χ3v) is 9.49. The summed E-state index contributed by atoms with van der Waals surface area (Å²) in [6, 6.07) is 5.92. The smallest absolute Gasteiger partial charge is 0.309 e. The standard InChI is InChI=1S/C30H41NO6S/c1-7-9-20-27(34)17(2)10-8-13-30(6)25(37-30)15-22(19-11-12-23-21(14-19)31-18(3)38-23)36-26(33)16-24(32)29(4,5)28(20)35/h7,11-12,14,17,20,22,24-25,27,32,34H,1,8-10,13,15-16H2,2-6H3/t17-,20+,22?,24-,25+,27-,30-/m0/s1. The number of nitrogens with zero attached hydrogens (tertiary/aromatic N) is 1. The first-order valence-corrected chi connectivity index (χ1v) is 14.4. The van der Waals surface area contributed by atoms with E-state index in [1.807, 2.05) is 32.0 Å². The molecule has 7 atom stereocenters. The normalized spacial score (nSPS) is 34.9. The Bertz CT molecular complexity index is 1190. The molecule has 2 fully saturated rings. The van der Waals surface area contributed by atoms with Gasteiger partial charge in [-0.1, -0.05) is 39.3 Å². The second-order valence-corrected chi connectivity index (χ2v) is 13.1. The van der Waals surface area contributed by atoms with Gasteiger partial charge in [-0.25, -0.2) is 4.98 Å². The van der Waals surface area contributed by atoms with Crippen molar-refractivity contribution in [3.63, 3.8) is 0 Å². The van der Waals surface area contributed by atoms with Crippen LogP contribution < -0.4 is 0 Å². The molecule has 2 saturated heterocycles. The minimum atomic E-state index is -1.27. The maximum atomic E-state index is 13.6. The number of thiazole rings is 1. The molecule has 0 saturated carbocycles. The quantitative estimate of drug-likeness (QED) is 0.301. The van der Waals surface area contributed by atoms with E-state index in [4.69, 9.17) is 9.47 Å². The van der Waals surface area contributed by atoms with Crippen LogP contribution in [0.4, 0.5) is 0 Å². The van der Waals surface area contributed by atoms with E-state index < -0.39 is 35.6 Å². The third kappa shape index (κ3) is 6.03. The second-order valence-electron chi connectivity index (χ2n) is 11.9. The lowest BCUT2D eigenvalue weighted by Gasteiger charge is -2.35. The number of carbonyl (C=O) groups is 2. The molecule has 7 nitrogen and oxygen atoms in total. The highest BCUT2D eigenvalue weighted by atomic mass is 32.1. The Balaban J connectivity index is 1.63. The zero-order valence-corrected chi connectivity index (χ0v) is 23.9. The zero-order valence-electron chi connectivity index (χ0n) is 23.1. The number of hydrogen-bond acceptors (Lipinski definition) is 8. The summed E-state index contributed by atoms with van der Waals surface area (Å²) in [5, 5.41) is 23.2. The SMILES string of the molecule is C=CC[C@H]1C(=O)C(C)(C)[C@@H](O)CC(=O)OC(c2ccc3sc(C)nc3c2)C[C@H]2O[C@@]2(C)CCC[C@H](C)[C@@H]1O. The molecule has 8 heteroatoms. The lowest BCUT2D eigenvalue weighted by Crippen LogP contribution is -2.46. The molecule has 3 heterocycles. The van der Waals surface area contributed by atoms with Crippen molar-refractivity contribution in [2.45, 2.75) is 103 Å². The fourth-order valence-electron chi connectivity index (χ4n) is 5.70. The average Bonchev–Trinajstić information content (AvgIpc) is 3.32. The first-order chi connectivity index (χ1) is 17.9. The summed E-state index contributed by atoms with van der Waals surface area (Å²) in [6.45, 7) is 13.0. The van der Waals surface area contributed by atoms with Crippen LogP contribution in [0.5, 0.6) is 0 Å². The molecule has 208 valence electrons. The maximum absolute atomic E-state index is 13.6. The van der Waals surface area contributed by atoms with Crippen molar-refractivity contribution in [2.24, 2.45) is 17.3 Å². The number of allylic oxidation sites excluding steroid dienone is 1. The van der Waals surface area contributed by atoms with Gasteiger partial charge in [-0.2, -0.15) is 0 Å². The van der Waals surface area contributed by atoms with Gasteiger partial charge in [0, 0.05) is 12.3 Å². The molecule has 2 aliphatic rings. The van der Waals surface area contributed by atoms with Crippen LogP contribution in [0.25, 0.3) is 10.2 Å². The molecule has 2 N–H and O–H groups in total. The molecule has 38 heavy (non-hydrogen) atoms. The van der Waals surface area contributed by atoms with E-state index in [1.54, 1.807) is 31.3 Å². The Labute approximate surface area is 229 Å². The number of epoxide rings is 1. The van der Waals surface area contributed by atoms with Crippen molar-refractivity contribution in [3.05, 3.63) is 41.4 Å². The molecule has 1 unspecified atom stereocenters. The van der Waals surface area contributed by atoms with Gasteiger partial charge in [0.2, 0.25) is 0 Å². The lowest BCUT2D eigenvalue weighted by molar-refractivity contribution is -0.156. The van der Waals surface area contributed by atoms with Crippen LogP contribution in [-0.4, -0.2) is 50.9 Å². The highest BCUT2D eigenvalue weighted by molar-refractivity contribution is 7.18. The largest absolute Gasteiger partial charge is 0.457 e. The summed E-state index contributed by atoms with van der Waals surface area (Å²) < 4.78 is 13.2. The topological polar surface area (TPSA) is 109 Å². The Morgan fingerprint density at radius 3 is 2.68 bits per heavy atom. The van der Waals surface area contributed by atoms with Gasteiger partial charge < -0.3 is 19.7 Å². The number of aliphatic hydroxyl groups is 2. The van der Waals surface area contributed by atoms with Crippen LogP contribution >= 0.6 is 11.3 Å². The molecule has 0 spiro atoms. The maximum Gasteiger partial charge on any atom is 0.309 e. The van der Waals surface area contributed by atoms with Crippen molar-refractivity contribution in [1.82, 2.24) is 4.98 Å². The molecule has 0 radical (unpaired) electrons. The van der Waals surface area contributed by atoms with E-state index in [-0.39, 0.29) is 29.8 Å². The first-order valence-electron chi connectivity index (χ1n) is 13.6. The minimum absolute atomic E-state index is 0.0715. The number of aromatic nitrogens is 1. The monoisotopic (exact) mass is 543 g/mol. The average molecular weight is 544 g/mol. The number of hydrogen-bond donors (Lipinski definition) is 2. The van der Waals surface area contributed by atoms with E-state index in [1.165, 1.54) is 0 Å². The van der Waals surface area contributed by atoms with Gasteiger partial charge in [-0.3, -0.25) is 9.59 Å². The van der Waals surface area contributed by atoms with Gasteiger partial charge in [0.25, 0.3) is 0 Å². The Kier molecular flexibility index (Phi) is 8.48. The molecule has 2 aliphatic heterocycles. The number of cyclic esters (lactones) is 1. The molecule has 0 bridgehead atoms. The van der Waals surface area contributed by atoms with E-state index in [9.17, 15) is 19.8 Å². The molecule has 2 aromatic rings. The molecule has 0 aliphatic carbocycles. The predicted molar refractivity (Wildman–Crippen MR) is 148 cm³/mol. The highest BCUT2D eigenvalue weighted by Gasteiger charge is 2.53. The minimum Gasteiger partial charge on any atom is -0.457 e. The van der Waals surface area contributed by atoms with Gasteiger partial charge in [-0.15, -0.1) is 17.9 Å². The number of carbonyl (C=O) groups excluding carboxylic acids is 2. The zero-order chi connectivity index (χ0) is 27.8. The number of ether oxygens (including phenoxy) is 2. The number of rotatable bonds is 3. The molecular formula is C30H41NO6S. The molecule has 1 aromatic carbocycles. The van der Waals surface area contributed by atoms with Crippen molar-refractivity contribution >= 4 is 33.3 Å². The van der Waals surface area contributed by atoms with Crippen molar-refractivity contribution in [3.8, 4) is 0 Å². The summed E-state index contributed by atoms with van der Waals surface area (Å²) in [6.07, 6.45) is 1.71. The van der Waals surface area contributed by atoms with Gasteiger partial charge in [0.05, 0.1) is 51.0 Å². The molecule has 4 rings (SSSR count). The van der Waals surface area contributed by atoms with Crippen LogP contribution in [0.15, 0.2) is 30.9 Å². The van der Waals surface area contributed by atoms with Crippen molar-refractivity contribution in [1.29, 1.82) is 0 Å². The van der Waals surface area contributed by atoms with Gasteiger partial charge >= 0.3 is 5.97 Å². The van der Waals surface area contributed by atoms with E-state index >= 15 is 0 Å². The Morgan fingerprint density at radius 1 is 1.24 bits per heavy atom. The number of Topliss-reactive ketones (excluding diaryl/α,β-unsaturated/α-hetero) is 1. The second kappa shape index (κ2) is 11.2. The van der Waals surface area contributed by atoms with E-state index in [2.05, 4.69) is 18.5 Å². The van der Waals surface area contributed by atoms with Gasteiger partial charge in [0.15, 0.2) is 0 Å². The molecular weight excluding hydrogens is 502 g/mol. The Morgan fingerprint density at radius 2 is 1.97 bits per heavy atom. The Hall–Kier alpha value is -2.13. The predicted octanol–water partition coefficient (Wildman–Crippen LogP) is 5.46. The summed E-state index contributed by atoms with van der Waals surface area (Å²) in [4.78, 5) is 31.3. The van der Waals surface area contributed by atoms with Crippen LogP contribution in [0, 0.1) is 24.2 Å². The number of fused-ring (bicyclic) bond motifs is 2. The summed E-state index contributed by atoms with van der Waals surface area (Å²) in [5.41, 5.74) is 0.115. The van der Waals surface area contributed by atoms with E-state index in [0.717, 1.165) is 40.1 Å².